The number of nitrogens with zero attached hydrogens (tertiary/aromatic N) is 1. The van der Waals surface area contributed by atoms with Gasteiger partial charge < -0.3 is 14.6 Å². The smallest absolute Gasteiger partial charge is 0.300 e. The lowest BCUT2D eigenvalue weighted by molar-refractivity contribution is -0.132. The number of ether oxygens (including phenoxy) is 2. The number of Topliss-reactive ketones (excluding diaryl/α,β-unsaturated/α-hetero) is 1. The SMILES string of the molecule is CCCOc1ccc(/C(O)=C2\C(=O)C(=O)N(c3cc(C)cc(C)c3)C2c2ccccc2OC)cc1. The average molecular weight is 472 g/mol. The molecule has 1 atom stereocenters. The van der Waals surface area contributed by atoms with Gasteiger partial charge in [-0.1, -0.05) is 31.2 Å². The largest absolute Gasteiger partial charge is 0.507 e. The Hall–Kier alpha value is -4.06. The zero-order chi connectivity index (χ0) is 25.1. The number of aryl methyl sites for hydroxylation is 2. The number of anilines is 1. The van der Waals surface area contributed by atoms with Gasteiger partial charge in [-0.2, -0.15) is 0 Å². The lowest BCUT2D eigenvalue weighted by atomic mass is 9.94. The van der Waals surface area contributed by atoms with Crippen molar-refractivity contribution in [3.63, 3.8) is 0 Å². The van der Waals surface area contributed by atoms with Crippen LogP contribution in [-0.4, -0.2) is 30.5 Å². The number of hydrogen-bond acceptors (Lipinski definition) is 5. The first kappa shape index (κ1) is 24.1. The molecule has 1 unspecified atom stereocenters. The van der Waals surface area contributed by atoms with Crippen molar-refractivity contribution in [2.75, 3.05) is 18.6 Å². The molecule has 6 nitrogen and oxygen atoms in total. The van der Waals surface area contributed by atoms with E-state index in [1.807, 2.05) is 51.1 Å². The maximum absolute atomic E-state index is 13.4. The van der Waals surface area contributed by atoms with Crippen molar-refractivity contribution < 1.29 is 24.2 Å². The van der Waals surface area contributed by atoms with E-state index < -0.39 is 17.7 Å². The van der Waals surface area contributed by atoms with Crippen molar-refractivity contribution in [3.05, 3.63) is 94.6 Å². The Bertz CT molecular complexity index is 1270. The molecule has 1 aliphatic heterocycles. The second kappa shape index (κ2) is 10.1. The number of aliphatic hydroxyl groups is 1. The standard InChI is InChI=1S/C29H29NO5/c1-5-14-35-22-12-10-20(11-13-22)27(31)25-26(23-8-6-7-9-24(23)34-4)30(29(33)28(25)32)21-16-18(2)15-19(3)17-21/h6-13,15-17,26,31H,5,14H2,1-4H3/b27-25+. The summed E-state index contributed by atoms with van der Waals surface area (Å²) in [6.07, 6.45) is 0.878. The maximum atomic E-state index is 13.4. The van der Waals surface area contributed by atoms with Gasteiger partial charge in [0, 0.05) is 16.8 Å². The molecule has 0 radical (unpaired) electrons. The first-order chi connectivity index (χ1) is 16.8. The van der Waals surface area contributed by atoms with E-state index in [1.165, 1.54) is 12.0 Å². The Morgan fingerprint density at radius 3 is 2.26 bits per heavy atom. The maximum Gasteiger partial charge on any atom is 0.300 e. The highest BCUT2D eigenvalue weighted by Gasteiger charge is 2.48. The first-order valence-corrected chi connectivity index (χ1v) is 11.6. The fourth-order valence-corrected chi connectivity index (χ4v) is 4.46. The molecule has 180 valence electrons. The predicted octanol–water partition coefficient (Wildman–Crippen LogP) is 5.73. The molecule has 0 aromatic heterocycles. The fraction of sp³-hybridized carbons (Fsp3) is 0.241. The highest BCUT2D eigenvalue weighted by molar-refractivity contribution is 6.51. The van der Waals surface area contributed by atoms with E-state index in [0.717, 1.165) is 17.5 Å². The van der Waals surface area contributed by atoms with Gasteiger partial charge in [0.15, 0.2) is 0 Å². The molecule has 1 saturated heterocycles. The van der Waals surface area contributed by atoms with E-state index in [4.69, 9.17) is 9.47 Å². The van der Waals surface area contributed by atoms with Crippen LogP contribution in [0.5, 0.6) is 11.5 Å². The summed E-state index contributed by atoms with van der Waals surface area (Å²) in [5.41, 5.74) is 3.56. The Balaban J connectivity index is 1.91. The van der Waals surface area contributed by atoms with Gasteiger partial charge in [0.25, 0.3) is 11.7 Å². The number of carbonyl (C=O) groups is 2. The monoisotopic (exact) mass is 471 g/mol. The minimum atomic E-state index is -0.858. The molecule has 1 aliphatic rings. The summed E-state index contributed by atoms with van der Waals surface area (Å²) in [5, 5.41) is 11.3. The number of ketones is 1. The molecule has 6 heteroatoms. The lowest BCUT2D eigenvalue weighted by Crippen LogP contribution is -2.29. The topological polar surface area (TPSA) is 76.1 Å². The van der Waals surface area contributed by atoms with E-state index in [1.54, 1.807) is 36.4 Å². The van der Waals surface area contributed by atoms with Gasteiger partial charge in [-0.3, -0.25) is 14.5 Å². The van der Waals surface area contributed by atoms with Crippen LogP contribution in [0, 0.1) is 13.8 Å². The third-order valence-electron chi connectivity index (χ3n) is 5.96. The highest BCUT2D eigenvalue weighted by Crippen LogP contribution is 2.45. The number of benzene rings is 3. The van der Waals surface area contributed by atoms with Crippen LogP contribution in [0.25, 0.3) is 5.76 Å². The van der Waals surface area contributed by atoms with Gasteiger partial charge in [-0.05, 0) is 73.9 Å². The summed E-state index contributed by atoms with van der Waals surface area (Å²) in [7, 11) is 1.54. The minimum absolute atomic E-state index is 0.0147. The van der Waals surface area contributed by atoms with Gasteiger partial charge in [0.05, 0.1) is 25.3 Å². The second-order valence-corrected chi connectivity index (χ2v) is 8.63. The number of methoxy groups -OCH3 is 1. The van der Waals surface area contributed by atoms with E-state index in [9.17, 15) is 14.7 Å². The number of carbonyl (C=O) groups excluding carboxylic acids is 2. The number of rotatable bonds is 7. The van der Waals surface area contributed by atoms with E-state index in [2.05, 4.69) is 0 Å². The van der Waals surface area contributed by atoms with Crippen LogP contribution in [0.2, 0.25) is 0 Å². The molecule has 3 aromatic carbocycles. The number of amides is 1. The Morgan fingerprint density at radius 1 is 0.971 bits per heavy atom. The fourth-order valence-electron chi connectivity index (χ4n) is 4.46. The van der Waals surface area contributed by atoms with Crippen LogP contribution in [0.15, 0.2) is 72.3 Å². The van der Waals surface area contributed by atoms with E-state index in [0.29, 0.717) is 34.9 Å². The average Bonchev–Trinajstić information content (AvgIpc) is 3.12. The number of para-hydroxylation sites is 1. The molecule has 1 heterocycles. The number of aliphatic hydroxyl groups excluding tert-OH is 1. The van der Waals surface area contributed by atoms with Crippen molar-refractivity contribution in [1.29, 1.82) is 0 Å². The Labute approximate surface area is 205 Å². The third kappa shape index (κ3) is 4.64. The lowest BCUT2D eigenvalue weighted by Gasteiger charge is -2.27. The summed E-state index contributed by atoms with van der Waals surface area (Å²) in [4.78, 5) is 28.2. The van der Waals surface area contributed by atoms with Crippen molar-refractivity contribution in [1.82, 2.24) is 0 Å². The molecule has 0 bridgehead atoms. The van der Waals surface area contributed by atoms with Crippen molar-refractivity contribution in [2.24, 2.45) is 0 Å². The first-order valence-electron chi connectivity index (χ1n) is 11.6. The van der Waals surface area contributed by atoms with Gasteiger partial charge in [-0.15, -0.1) is 0 Å². The van der Waals surface area contributed by atoms with Crippen LogP contribution in [0.1, 0.15) is 41.6 Å². The molecule has 1 N–H and O–H groups in total. The summed E-state index contributed by atoms with van der Waals surface area (Å²) in [5.74, 6) is -0.504. The molecular formula is C29H29NO5. The highest BCUT2D eigenvalue weighted by atomic mass is 16.5. The van der Waals surface area contributed by atoms with Crippen LogP contribution in [0.4, 0.5) is 5.69 Å². The molecule has 0 aliphatic carbocycles. The van der Waals surface area contributed by atoms with E-state index >= 15 is 0 Å². The molecule has 1 fully saturated rings. The van der Waals surface area contributed by atoms with Crippen molar-refractivity contribution >= 4 is 23.1 Å². The molecule has 0 spiro atoms. The Kier molecular flexibility index (Phi) is 6.92. The van der Waals surface area contributed by atoms with Crippen LogP contribution in [-0.2, 0) is 9.59 Å². The third-order valence-corrected chi connectivity index (χ3v) is 5.96. The zero-order valence-electron chi connectivity index (χ0n) is 20.4. The summed E-state index contributed by atoms with van der Waals surface area (Å²) in [6.45, 7) is 6.48. The number of hydrogen-bond donors (Lipinski definition) is 1. The zero-order valence-corrected chi connectivity index (χ0v) is 20.4. The molecule has 0 saturated carbocycles. The predicted molar refractivity (Wildman–Crippen MR) is 136 cm³/mol. The summed E-state index contributed by atoms with van der Waals surface area (Å²) < 4.78 is 11.2. The summed E-state index contributed by atoms with van der Waals surface area (Å²) >= 11 is 0. The van der Waals surface area contributed by atoms with Crippen LogP contribution < -0.4 is 14.4 Å². The van der Waals surface area contributed by atoms with Gasteiger partial charge >= 0.3 is 0 Å². The van der Waals surface area contributed by atoms with Crippen LogP contribution >= 0.6 is 0 Å². The minimum Gasteiger partial charge on any atom is -0.507 e. The van der Waals surface area contributed by atoms with Crippen molar-refractivity contribution in [2.45, 2.75) is 33.2 Å². The van der Waals surface area contributed by atoms with Crippen molar-refractivity contribution in [3.8, 4) is 11.5 Å². The van der Waals surface area contributed by atoms with Gasteiger partial charge in [-0.25, -0.2) is 0 Å². The molecule has 4 rings (SSSR count). The molecule has 1 amide bonds. The summed E-state index contributed by atoms with van der Waals surface area (Å²) in [6, 6.07) is 18.9. The normalized spacial score (nSPS) is 17.0. The molecule has 3 aromatic rings. The molecule has 35 heavy (non-hydrogen) atoms. The van der Waals surface area contributed by atoms with E-state index in [-0.39, 0.29) is 11.3 Å². The van der Waals surface area contributed by atoms with Gasteiger partial charge in [0.1, 0.15) is 17.3 Å². The molecular weight excluding hydrogens is 442 g/mol. The van der Waals surface area contributed by atoms with Crippen LogP contribution in [0.3, 0.4) is 0 Å². The second-order valence-electron chi connectivity index (χ2n) is 8.63. The van der Waals surface area contributed by atoms with Gasteiger partial charge in [0.2, 0.25) is 0 Å². The Morgan fingerprint density at radius 2 is 1.63 bits per heavy atom. The quantitative estimate of drug-likeness (QED) is 0.271.